The molecule has 2 aromatic rings. The van der Waals surface area contributed by atoms with E-state index in [9.17, 15) is 19.8 Å². The zero-order chi connectivity index (χ0) is 13.4. The Kier molecular flexibility index (Phi) is 2.79. The SMILES string of the molecule is CC(=O)c1c(C(C)=O)c(O)c2ccccc2c1O. The number of phenols is 2. The van der Waals surface area contributed by atoms with Gasteiger partial charge in [-0.15, -0.1) is 0 Å². The highest BCUT2D eigenvalue weighted by Gasteiger charge is 2.23. The Labute approximate surface area is 103 Å². The number of ketones is 2. The van der Waals surface area contributed by atoms with Crippen LogP contribution in [0.15, 0.2) is 24.3 Å². The normalized spacial score (nSPS) is 10.6. The van der Waals surface area contributed by atoms with Crippen LogP contribution >= 0.6 is 0 Å². The zero-order valence-electron chi connectivity index (χ0n) is 10.0. The van der Waals surface area contributed by atoms with Gasteiger partial charge in [0.05, 0.1) is 11.1 Å². The van der Waals surface area contributed by atoms with Gasteiger partial charge in [-0.2, -0.15) is 0 Å². The lowest BCUT2D eigenvalue weighted by atomic mass is 9.93. The van der Waals surface area contributed by atoms with Gasteiger partial charge in [0, 0.05) is 10.8 Å². The van der Waals surface area contributed by atoms with E-state index in [1.165, 1.54) is 13.8 Å². The van der Waals surface area contributed by atoms with Crippen molar-refractivity contribution in [3.05, 3.63) is 35.4 Å². The van der Waals surface area contributed by atoms with E-state index < -0.39 is 11.6 Å². The van der Waals surface area contributed by atoms with Gasteiger partial charge in [0.25, 0.3) is 0 Å². The average Bonchev–Trinajstić information content (AvgIpc) is 2.32. The minimum atomic E-state index is -0.459. The Bertz CT molecular complexity index is 613. The maximum Gasteiger partial charge on any atom is 0.164 e. The summed E-state index contributed by atoms with van der Waals surface area (Å²) >= 11 is 0. The Hall–Kier alpha value is -2.36. The minimum Gasteiger partial charge on any atom is -0.507 e. The van der Waals surface area contributed by atoms with E-state index in [1.54, 1.807) is 24.3 Å². The number of carbonyl (C=O) groups is 2. The molecule has 2 aromatic carbocycles. The van der Waals surface area contributed by atoms with E-state index in [0.717, 1.165) is 0 Å². The first-order chi connectivity index (χ1) is 8.45. The molecule has 0 aliphatic heterocycles. The lowest BCUT2D eigenvalue weighted by molar-refractivity contribution is 0.0976. The third kappa shape index (κ3) is 1.62. The van der Waals surface area contributed by atoms with E-state index in [-0.39, 0.29) is 22.6 Å². The number of phenolic OH excluding ortho intramolecular Hbond substituents is 2. The summed E-state index contributed by atoms with van der Waals surface area (Å²) < 4.78 is 0. The molecular weight excluding hydrogens is 232 g/mol. The zero-order valence-corrected chi connectivity index (χ0v) is 10.0. The van der Waals surface area contributed by atoms with Crippen molar-refractivity contribution in [3.8, 4) is 11.5 Å². The van der Waals surface area contributed by atoms with Gasteiger partial charge in [0.1, 0.15) is 11.5 Å². The molecule has 0 saturated carbocycles. The van der Waals surface area contributed by atoms with Crippen molar-refractivity contribution in [2.24, 2.45) is 0 Å². The smallest absolute Gasteiger partial charge is 0.164 e. The summed E-state index contributed by atoms with van der Waals surface area (Å²) in [6.07, 6.45) is 0. The number of fused-ring (bicyclic) bond motifs is 1. The quantitative estimate of drug-likeness (QED) is 0.629. The van der Waals surface area contributed by atoms with E-state index in [4.69, 9.17) is 0 Å². The van der Waals surface area contributed by atoms with Crippen LogP contribution in [0.2, 0.25) is 0 Å². The number of carbonyl (C=O) groups excluding carboxylic acids is 2. The van der Waals surface area contributed by atoms with Gasteiger partial charge < -0.3 is 10.2 Å². The molecule has 0 radical (unpaired) electrons. The summed E-state index contributed by atoms with van der Waals surface area (Å²) in [4.78, 5) is 23.1. The van der Waals surface area contributed by atoms with E-state index in [0.29, 0.717) is 10.8 Å². The van der Waals surface area contributed by atoms with Crippen molar-refractivity contribution in [2.75, 3.05) is 0 Å². The average molecular weight is 244 g/mol. The fourth-order valence-corrected chi connectivity index (χ4v) is 2.09. The Morgan fingerprint density at radius 3 is 1.44 bits per heavy atom. The summed E-state index contributed by atoms with van der Waals surface area (Å²) in [5, 5.41) is 20.9. The second-order valence-corrected chi connectivity index (χ2v) is 4.11. The summed E-state index contributed by atoms with van der Waals surface area (Å²) in [5.41, 5.74) is -0.252. The standard InChI is InChI=1S/C14H12O4/c1-7(15)11-12(8(2)16)14(18)10-6-4-3-5-9(10)13(11)17/h3-6,17-18H,1-2H3. The number of hydrogen-bond donors (Lipinski definition) is 2. The van der Waals surface area contributed by atoms with Crippen LogP contribution in [0.3, 0.4) is 0 Å². The number of benzene rings is 2. The van der Waals surface area contributed by atoms with E-state index in [1.807, 2.05) is 0 Å². The highest BCUT2D eigenvalue weighted by atomic mass is 16.3. The molecule has 4 nitrogen and oxygen atoms in total. The van der Waals surface area contributed by atoms with Crippen LogP contribution < -0.4 is 0 Å². The summed E-state index contributed by atoms with van der Waals surface area (Å²) in [5.74, 6) is -1.44. The number of hydrogen-bond acceptors (Lipinski definition) is 4. The highest BCUT2D eigenvalue weighted by molar-refractivity contribution is 6.16. The summed E-state index contributed by atoms with van der Waals surface area (Å²) in [7, 11) is 0. The van der Waals surface area contributed by atoms with Crippen molar-refractivity contribution in [1.29, 1.82) is 0 Å². The van der Waals surface area contributed by atoms with Crippen LogP contribution in [0.25, 0.3) is 10.8 Å². The van der Waals surface area contributed by atoms with Gasteiger partial charge in [-0.1, -0.05) is 24.3 Å². The van der Waals surface area contributed by atoms with Crippen LogP contribution in [-0.2, 0) is 0 Å². The van der Waals surface area contributed by atoms with Gasteiger partial charge in [-0.05, 0) is 13.8 Å². The highest BCUT2D eigenvalue weighted by Crippen LogP contribution is 2.39. The third-order valence-corrected chi connectivity index (χ3v) is 2.87. The predicted octanol–water partition coefficient (Wildman–Crippen LogP) is 2.66. The molecule has 0 unspecified atom stereocenters. The van der Waals surface area contributed by atoms with Gasteiger partial charge in [0.2, 0.25) is 0 Å². The maximum absolute atomic E-state index is 11.6. The fraction of sp³-hybridized carbons (Fsp3) is 0.143. The molecule has 0 aliphatic carbocycles. The monoisotopic (exact) mass is 244 g/mol. The molecule has 0 atom stereocenters. The largest absolute Gasteiger partial charge is 0.507 e. The van der Waals surface area contributed by atoms with Crippen molar-refractivity contribution >= 4 is 22.3 Å². The molecule has 4 heteroatoms. The van der Waals surface area contributed by atoms with Crippen LogP contribution in [0.5, 0.6) is 11.5 Å². The van der Waals surface area contributed by atoms with Gasteiger partial charge in [-0.3, -0.25) is 9.59 Å². The lowest BCUT2D eigenvalue weighted by Gasteiger charge is -2.12. The molecule has 0 aliphatic rings. The molecule has 0 saturated heterocycles. The van der Waals surface area contributed by atoms with Crippen molar-refractivity contribution in [1.82, 2.24) is 0 Å². The van der Waals surface area contributed by atoms with Gasteiger partial charge in [-0.25, -0.2) is 0 Å². The summed E-state index contributed by atoms with van der Waals surface area (Å²) in [6.45, 7) is 2.49. The summed E-state index contributed by atoms with van der Waals surface area (Å²) in [6, 6.07) is 6.53. The Morgan fingerprint density at radius 2 is 1.17 bits per heavy atom. The van der Waals surface area contributed by atoms with Crippen LogP contribution in [0.1, 0.15) is 34.6 Å². The van der Waals surface area contributed by atoms with Gasteiger partial charge >= 0.3 is 0 Å². The fourth-order valence-electron chi connectivity index (χ4n) is 2.09. The minimum absolute atomic E-state index is 0.126. The number of rotatable bonds is 2. The first-order valence-corrected chi connectivity index (χ1v) is 5.43. The molecule has 0 bridgehead atoms. The molecule has 0 aromatic heterocycles. The molecule has 0 heterocycles. The number of aromatic hydroxyl groups is 2. The molecule has 2 rings (SSSR count). The first kappa shape index (κ1) is 12.1. The van der Waals surface area contributed by atoms with Crippen LogP contribution in [-0.4, -0.2) is 21.8 Å². The number of Topliss-reactive ketones (excluding diaryl/α,β-unsaturated/α-hetero) is 2. The molecule has 0 amide bonds. The molecule has 0 fully saturated rings. The van der Waals surface area contributed by atoms with E-state index in [2.05, 4.69) is 0 Å². The second-order valence-electron chi connectivity index (χ2n) is 4.11. The second kappa shape index (κ2) is 4.14. The van der Waals surface area contributed by atoms with Crippen molar-refractivity contribution in [3.63, 3.8) is 0 Å². The van der Waals surface area contributed by atoms with Gasteiger partial charge in [0.15, 0.2) is 11.6 Å². The molecule has 92 valence electrons. The van der Waals surface area contributed by atoms with Crippen LogP contribution in [0, 0.1) is 0 Å². The molecular formula is C14H12O4. The molecule has 2 N–H and O–H groups in total. The van der Waals surface area contributed by atoms with Crippen LogP contribution in [0.4, 0.5) is 0 Å². The Balaban J connectivity index is 3.06. The topological polar surface area (TPSA) is 74.6 Å². The molecule has 18 heavy (non-hydrogen) atoms. The molecule has 0 spiro atoms. The Morgan fingerprint density at radius 1 is 0.833 bits per heavy atom. The van der Waals surface area contributed by atoms with E-state index >= 15 is 0 Å². The maximum atomic E-state index is 11.6. The lowest BCUT2D eigenvalue weighted by Crippen LogP contribution is -2.05. The third-order valence-electron chi connectivity index (χ3n) is 2.87. The van der Waals surface area contributed by atoms with Crippen molar-refractivity contribution in [2.45, 2.75) is 13.8 Å². The van der Waals surface area contributed by atoms with Crippen molar-refractivity contribution < 1.29 is 19.8 Å². The first-order valence-electron chi connectivity index (χ1n) is 5.43. The predicted molar refractivity (Wildman–Crippen MR) is 67.3 cm³/mol.